The van der Waals surface area contributed by atoms with Crippen molar-refractivity contribution in [2.24, 2.45) is 11.7 Å². The third kappa shape index (κ3) is 2.70. The highest BCUT2D eigenvalue weighted by Gasteiger charge is 2.29. The summed E-state index contributed by atoms with van der Waals surface area (Å²) in [6.07, 6.45) is 3.66. The smallest absolute Gasteiger partial charge is 0.119 e. The van der Waals surface area contributed by atoms with Crippen molar-refractivity contribution < 1.29 is 15.3 Å². The molecule has 0 unspecified atom stereocenters. The molecule has 17 heavy (non-hydrogen) atoms. The monoisotopic (exact) mass is 237 g/mol. The summed E-state index contributed by atoms with van der Waals surface area (Å²) in [6, 6.07) is 3.67. The van der Waals surface area contributed by atoms with Crippen LogP contribution in [0.1, 0.15) is 37.3 Å². The van der Waals surface area contributed by atoms with Crippen molar-refractivity contribution in [3.8, 4) is 11.5 Å². The van der Waals surface area contributed by atoms with E-state index >= 15 is 0 Å². The average Bonchev–Trinajstić information content (AvgIpc) is 2.79. The van der Waals surface area contributed by atoms with Crippen molar-refractivity contribution >= 4 is 0 Å². The van der Waals surface area contributed by atoms with Crippen molar-refractivity contribution in [1.82, 2.24) is 0 Å². The second kappa shape index (κ2) is 4.94. The summed E-state index contributed by atoms with van der Waals surface area (Å²) >= 11 is 0. The number of nitrogens with two attached hydrogens (primary N) is 1. The van der Waals surface area contributed by atoms with Crippen LogP contribution in [0.2, 0.25) is 0 Å². The Bertz CT molecular complexity index is 368. The lowest BCUT2D eigenvalue weighted by atomic mass is 9.91. The number of rotatable bonds is 3. The number of aliphatic hydroxyl groups is 1. The Balaban J connectivity index is 2.14. The second-order valence-corrected chi connectivity index (χ2v) is 4.84. The minimum atomic E-state index is -0.612. The van der Waals surface area contributed by atoms with E-state index in [1.54, 1.807) is 0 Å². The number of benzene rings is 1. The lowest BCUT2D eigenvalue weighted by Gasteiger charge is -2.24. The third-order valence-electron chi connectivity index (χ3n) is 3.56. The van der Waals surface area contributed by atoms with Crippen LogP contribution in [-0.2, 0) is 0 Å². The van der Waals surface area contributed by atoms with E-state index in [0.29, 0.717) is 5.56 Å². The van der Waals surface area contributed by atoms with Gasteiger partial charge in [-0.1, -0.05) is 12.8 Å². The van der Waals surface area contributed by atoms with Gasteiger partial charge in [-0.3, -0.25) is 0 Å². The molecule has 0 radical (unpaired) electrons. The first-order valence-corrected chi connectivity index (χ1v) is 6.04. The third-order valence-corrected chi connectivity index (χ3v) is 3.56. The molecular formula is C13H19NO3. The van der Waals surface area contributed by atoms with Crippen molar-refractivity contribution in [1.29, 1.82) is 0 Å². The first-order chi connectivity index (χ1) is 8.08. The van der Waals surface area contributed by atoms with Crippen LogP contribution in [0.3, 0.4) is 0 Å². The van der Waals surface area contributed by atoms with Crippen molar-refractivity contribution in [2.45, 2.75) is 37.8 Å². The maximum atomic E-state index is 10.2. The zero-order valence-electron chi connectivity index (χ0n) is 9.71. The molecule has 2 atom stereocenters. The van der Waals surface area contributed by atoms with Gasteiger partial charge in [0.1, 0.15) is 11.5 Å². The molecule has 0 amide bonds. The van der Waals surface area contributed by atoms with E-state index < -0.39 is 12.1 Å². The van der Waals surface area contributed by atoms with E-state index in [-0.39, 0.29) is 17.4 Å². The molecule has 1 fully saturated rings. The highest BCUT2D eigenvalue weighted by molar-refractivity contribution is 5.38. The van der Waals surface area contributed by atoms with Gasteiger partial charge in [0.15, 0.2) is 0 Å². The molecule has 2 rings (SSSR count). The van der Waals surface area contributed by atoms with Crippen LogP contribution in [-0.4, -0.2) is 21.4 Å². The van der Waals surface area contributed by atoms with Gasteiger partial charge in [-0.05, 0) is 36.5 Å². The zero-order valence-corrected chi connectivity index (χ0v) is 9.71. The van der Waals surface area contributed by atoms with Gasteiger partial charge in [0.05, 0.1) is 12.1 Å². The largest absolute Gasteiger partial charge is 0.508 e. The van der Waals surface area contributed by atoms with Crippen molar-refractivity contribution in [3.05, 3.63) is 23.8 Å². The molecule has 0 saturated heterocycles. The lowest BCUT2D eigenvalue weighted by molar-refractivity contribution is 0.0844. The van der Waals surface area contributed by atoms with Gasteiger partial charge in [0, 0.05) is 6.07 Å². The van der Waals surface area contributed by atoms with Crippen LogP contribution in [0.4, 0.5) is 0 Å². The Morgan fingerprint density at radius 3 is 2.12 bits per heavy atom. The van der Waals surface area contributed by atoms with Crippen LogP contribution in [0.15, 0.2) is 18.2 Å². The van der Waals surface area contributed by atoms with Gasteiger partial charge in [0.2, 0.25) is 0 Å². The van der Waals surface area contributed by atoms with Gasteiger partial charge < -0.3 is 21.1 Å². The molecule has 4 heteroatoms. The van der Waals surface area contributed by atoms with E-state index in [0.717, 1.165) is 25.7 Å². The summed E-state index contributed by atoms with van der Waals surface area (Å²) in [5.74, 6) is 0.164. The van der Waals surface area contributed by atoms with Crippen molar-refractivity contribution in [3.63, 3.8) is 0 Å². The predicted molar refractivity (Wildman–Crippen MR) is 64.7 cm³/mol. The molecule has 0 aromatic heterocycles. The fourth-order valence-electron chi connectivity index (χ4n) is 2.60. The van der Waals surface area contributed by atoms with Crippen LogP contribution in [0, 0.1) is 5.92 Å². The molecule has 1 aromatic rings. The van der Waals surface area contributed by atoms with Crippen LogP contribution < -0.4 is 5.73 Å². The standard InChI is InChI=1S/C13H19NO3/c14-12(13(17)8-3-1-2-4-8)9-5-10(15)7-11(16)6-9/h5-8,12-13,15-17H,1-4,14H2/t12-,13+/m0/s1. The molecule has 1 aliphatic rings. The molecule has 4 nitrogen and oxygen atoms in total. The molecule has 0 aliphatic heterocycles. The number of hydrogen-bond donors (Lipinski definition) is 4. The average molecular weight is 237 g/mol. The van der Waals surface area contributed by atoms with Gasteiger partial charge >= 0.3 is 0 Å². The fraction of sp³-hybridized carbons (Fsp3) is 0.538. The Hall–Kier alpha value is -1.26. The summed E-state index contributed by atoms with van der Waals surface area (Å²) in [5, 5.41) is 28.9. The molecule has 1 saturated carbocycles. The van der Waals surface area contributed by atoms with Gasteiger partial charge in [0.25, 0.3) is 0 Å². The Labute approximate surface area is 101 Å². The highest BCUT2D eigenvalue weighted by Crippen LogP contribution is 2.34. The second-order valence-electron chi connectivity index (χ2n) is 4.84. The number of phenols is 2. The van der Waals surface area contributed by atoms with Gasteiger partial charge in [-0.15, -0.1) is 0 Å². The van der Waals surface area contributed by atoms with Gasteiger partial charge in [-0.25, -0.2) is 0 Å². The summed E-state index contributed by atoms with van der Waals surface area (Å²) in [4.78, 5) is 0. The van der Waals surface area contributed by atoms with Crippen LogP contribution >= 0.6 is 0 Å². The first kappa shape index (κ1) is 12.2. The van der Waals surface area contributed by atoms with E-state index in [1.807, 2.05) is 0 Å². The molecule has 94 valence electrons. The minimum Gasteiger partial charge on any atom is -0.508 e. The molecule has 0 heterocycles. The van der Waals surface area contributed by atoms with Crippen molar-refractivity contribution in [2.75, 3.05) is 0 Å². The number of hydrogen-bond acceptors (Lipinski definition) is 4. The number of phenolic OH excluding ortho intramolecular Hbond substituents is 2. The molecule has 1 aromatic carbocycles. The molecule has 5 N–H and O–H groups in total. The van der Waals surface area contributed by atoms with Gasteiger partial charge in [-0.2, -0.15) is 0 Å². The van der Waals surface area contributed by atoms with Crippen LogP contribution in [0.25, 0.3) is 0 Å². The highest BCUT2D eigenvalue weighted by atomic mass is 16.3. The predicted octanol–water partition coefficient (Wildman–Crippen LogP) is 1.65. The summed E-state index contributed by atoms with van der Waals surface area (Å²) in [6.45, 7) is 0. The molecule has 0 bridgehead atoms. The lowest BCUT2D eigenvalue weighted by Crippen LogP contribution is -2.31. The Kier molecular flexibility index (Phi) is 3.54. The molecular weight excluding hydrogens is 218 g/mol. The summed E-state index contributed by atoms with van der Waals surface area (Å²) < 4.78 is 0. The topological polar surface area (TPSA) is 86.7 Å². The normalized spacial score (nSPS) is 20.4. The zero-order chi connectivity index (χ0) is 12.4. The van der Waals surface area contributed by atoms with E-state index in [9.17, 15) is 15.3 Å². The maximum absolute atomic E-state index is 10.2. The number of aromatic hydroxyl groups is 2. The van der Waals surface area contributed by atoms with Crippen LogP contribution in [0.5, 0.6) is 11.5 Å². The fourth-order valence-corrected chi connectivity index (χ4v) is 2.60. The SMILES string of the molecule is N[C@@H](c1cc(O)cc(O)c1)[C@H](O)C1CCCC1. The maximum Gasteiger partial charge on any atom is 0.119 e. The summed E-state index contributed by atoms with van der Waals surface area (Å²) in [7, 11) is 0. The Morgan fingerprint density at radius 2 is 1.59 bits per heavy atom. The van der Waals surface area contributed by atoms with E-state index in [4.69, 9.17) is 5.73 Å². The number of aliphatic hydroxyl groups excluding tert-OH is 1. The Morgan fingerprint density at radius 1 is 1.06 bits per heavy atom. The minimum absolute atomic E-state index is 0.0333. The quantitative estimate of drug-likeness (QED) is 0.643. The summed E-state index contributed by atoms with van der Waals surface area (Å²) in [5.41, 5.74) is 6.56. The molecule has 1 aliphatic carbocycles. The van der Waals surface area contributed by atoms with E-state index in [2.05, 4.69) is 0 Å². The first-order valence-electron chi connectivity index (χ1n) is 6.04. The molecule has 0 spiro atoms. The van der Waals surface area contributed by atoms with E-state index in [1.165, 1.54) is 18.2 Å².